The Kier molecular flexibility index (Phi) is 11.4. The molecule has 1 aliphatic rings. The summed E-state index contributed by atoms with van der Waals surface area (Å²) in [5, 5.41) is 0. The first-order valence-corrected chi connectivity index (χ1v) is 16.3. The Morgan fingerprint density at radius 3 is 1.21 bits per heavy atom. The number of benzene rings is 5. The van der Waals surface area contributed by atoms with E-state index in [9.17, 15) is 24.0 Å². The van der Waals surface area contributed by atoms with E-state index in [2.05, 4.69) is 0 Å². The molecule has 11 nitrogen and oxygen atoms in total. The molecule has 0 aliphatic carbocycles. The second kappa shape index (κ2) is 16.9. The van der Waals surface area contributed by atoms with Crippen LogP contribution < -0.4 is 0 Å². The molecule has 0 saturated carbocycles. The van der Waals surface area contributed by atoms with Crippen LogP contribution in [0.1, 0.15) is 51.8 Å². The summed E-state index contributed by atoms with van der Waals surface area (Å²) in [6.07, 6.45) is -7.79. The minimum Gasteiger partial charge on any atom is -0.458 e. The third-order valence-electron chi connectivity index (χ3n) is 7.97. The fourth-order valence-corrected chi connectivity index (χ4v) is 5.37. The highest BCUT2D eigenvalue weighted by Gasteiger charge is 2.56. The SMILES string of the molecule is O=C(OC[C@H](OC(=O)c1ccccc1)[C@@H]1O[C@H](OC(=O)c2ccccc2)[C@@H](OC(=O)c2ccccc2)[C@@H]1OC(=O)c1ccccc1)c1ccccc1. The summed E-state index contributed by atoms with van der Waals surface area (Å²) in [5.41, 5.74) is 0.837. The Morgan fingerprint density at radius 1 is 0.442 bits per heavy atom. The maximum absolute atomic E-state index is 13.6. The zero-order valence-corrected chi connectivity index (χ0v) is 27.5. The van der Waals surface area contributed by atoms with Crippen molar-refractivity contribution in [1.29, 1.82) is 0 Å². The molecule has 1 heterocycles. The standard InChI is InChI=1S/C41H32O11/c42-36(27-16-6-1-7-17-27)47-26-32(48-37(43)28-18-8-2-9-19-28)33-34(49-38(44)29-20-10-3-11-21-29)35(50-39(45)30-22-12-4-13-23-30)41(51-33)52-40(46)31-24-14-5-15-25-31/h1-25,32-35,41H,26H2/t32-,33-,34+,35-,41+/m0/s1. The van der Waals surface area contributed by atoms with Crippen LogP contribution in [0.4, 0.5) is 0 Å². The number of ether oxygens (including phenoxy) is 6. The Morgan fingerprint density at radius 2 is 0.788 bits per heavy atom. The van der Waals surface area contributed by atoms with Crippen molar-refractivity contribution in [3.05, 3.63) is 179 Å². The summed E-state index contributed by atoms with van der Waals surface area (Å²) < 4.78 is 35.3. The molecule has 6 rings (SSSR count). The molecule has 0 radical (unpaired) electrons. The molecule has 1 fully saturated rings. The van der Waals surface area contributed by atoms with Gasteiger partial charge in [0.1, 0.15) is 12.7 Å². The van der Waals surface area contributed by atoms with Crippen LogP contribution in [-0.2, 0) is 28.4 Å². The average Bonchev–Trinajstić information content (AvgIpc) is 3.52. The number of esters is 5. The zero-order valence-electron chi connectivity index (χ0n) is 27.5. The van der Waals surface area contributed by atoms with Gasteiger partial charge in [0.15, 0.2) is 12.2 Å². The zero-order chi connectivity index (χ0) is 36.3. The van der Waals surface area contributed by atoms with Crippen LogP contribution in [0.3, 0.4) is 0 Å². The van der Waals surface area contributed by atoms with Gasteiger partial charge in [0.2, 0.25) is 12.4 Å². The Labute approximate surface area is 298 Å². The van der Waals surface area contributed by atoms with E-state index in [4.69, 9.17) is 28.4 Å². The molecule has 0 bridgehead atoms. The first kappa shape index (κ1) is 35.2. The van der Waals surface area contributed by atoms with Crippen LogP contribution in [0.5, 0.6) is 0 Å². The van der Waals surface area contributed by atoms with Crippen molar-refractivity contribution < 1.29 is 52.4 Å². The van der Waals surface area contributed by atoms with Gasteiger partial charge in [-0.3, -0.25) is 0 Å². The monoisotopic (exact) mass is 700 g/mol. The summed E-state index contributed by atoms with van der Waals surface area (Å²) in [6.45, 7) is -0.588. The van der Waals surface area contributed by atoms with Gasteiger partial charge in [-0.05, 0) is 60.7 Å². The molecule has 0 unspecified atom stereocenters. The lowest BCUT2D eigenvalue weighted by molar-refractivity contribution is -0.156. The van der Waals surface area contributed by atoms with E-state index in [1.807, 2.05) is 0 Å². The second-order valence-electron chi connectivity index (χ2n) is 11.5. The molecule has 0 N–H and O–H groups in total. The van der Waals surface area contributed by atoms with Crippen molar-refractivity contribution in [3.63, 3.8) is 0 Å². The topological polar surface area (TPSA) is 141 Å². The van der Waals surface area contributed by atoms with Gasteiger partial charge in [-0.1, -0.05) is 91.0 Å². The fraction of sp³-hybridized carbons (Fsp3) is 0.146. The van der Waals surface area contributed by atoms with Crippen LogP contribution in [0.15, 0.2) is 152 Å². The lowest BCUT2D eigenvalue weighted by atomic mass is 10.0. The third-order valence-corrected chi connectivity index (χ3v) is 7.97. The van der Waals surface area contributed by atoms with Gasteiger partial charge in [0.25, 0.3) is 0 Å². The van der Waals surface area contributed by atoms with Crippen LogP contribution in [0.25, 0.3) is 0 Å². The number of hydrogen-bond donors (Lipinski definition) is 0. The predicted molar refractivity (Wildman–Crippen MR) is 184 cm³/mol. The van der Waals surface area contributed by atoms with E-state index < -0.39 is 67.2 Å². The lowest BCUT2D eigenvalue weighted by Crippen LogP contribution is -2.47. The van der Waals surface area contributed by atoms with Crippen molar-refractivity contribution in [2.75, 3.05) is 6.61 Å². The highest BCUT2D eigenvalue weighted by atomic mass is 16.8. The van der Waals surface area contributed by atoms with Gasteiger partial charge in [-0.25, -0.2) is 24.0 Å². The van der Waals surface area contributed by atoms with Crippen molar-refractivity contribution in [2.45, 2.75) is 30.7 Å². The van der Waals surface area contributed by atoms with E-state index in [1.165, 1.54) is 48.5 Å². The maximum Gasteiger partial charge on any atom is 0.340 e. The van der Waals surface area contributed by atoms with Gasteiger partial charge < -0.3 is 28.4 Å². The smallest absolute Gasteiger partial charge is 0.340 e. The quantitative estimate of drug-likeness (QED) is 0.110. The summed E-state index contributed by atoms with van der Waals surface area (Å²) in [5.74, 6) is -4.08. The van der Waals surface area contributed by atoms with Gasteiger partial charge in [0.05, 0.1) is 27.8 Å². The van der Waals surface area contributed by atoms with Crippen LogP contribution >= 0.6 is 0 Å². The fourth-order valence-electron chi connectivity index (χ4n) is 5.37. The molecule has 0 aromatic heterocycles. The summed E-state index contributed by atoms with van der Waals surface area (Å²) in [6, 6.07) is 40.1. The number of rotatable bonds is 12. The Hall–Kier alpha value is -6.59. The summed E-state index contributed by atoms with van der Waals surface area (Å²) >= 11 is 0. The number of carbonyl (C=O) groups is 5. The van der Waals surface area contributed by atoms with E-state index in [0.717, 1.165) is 0 Å². The van der Waals surface area contributed by atoms with E-state index >= 15 is 0 Å². The average molecular weight is 701 g/mol. The first-order valence-electron chi connectivity index (χ1n) is 16.3. The number of hydrogen-bond acceptors (Lipinski definition) is 11. The summed E-state index contributed by atoms with van der Waals surface area (Å²) in [7, 11) is 0. The maximum atomic E-state index is 13.6. The second-order valence-corrected chi connectivity index (χ2v) is 11.5. The van der Waals surface area contributed by atoms with Crippen LogP contribution in [0.2, 0.25) is 0 Å². The molecule has 1 aliphatic heterocycles. The van der Waals surface area contributed by atoms with Gasteiger partial charge >= 0.3 is 29.8 Å². The largest absolute Gasteiger partial charge is 0.458 e. The van der Waals surface area contributed by atoms with E-state index in [-0.39, 0.29) is 27.8 Å². The van der Waals surface area contributed by atoms with Crippen molar-refractivity contribution in [3.8, 4) is 0 Å². The molecule has 11 heteroatoms. The lowest BCUT2D eigenvalue weighted by Gasteiger charge is -2.28. The minimum atomic E-state index is -1.68. The molecule has 52 heavy (non-hydrogen) atoms. The number of carbonyl (C=O) groups excluding carboxylic acids is 5. The molecule has 0 spiro atoms. The predicted octanol–water partition coefficient (Wildman–Crippen LogP) is 6.10. The van der Waals surface area contributed by atoms with Gasteiger partial charge in [-0.15, -0.1) is 0 Å². The van der Waals surface area contributed by atoms with Crippen molar-refractivity contribution in [2.24, 2.45) is 0 Å². The van der Waals surface area contributed by atoms with Crippen molar-refractivity contribution >= 4 is 29.8 Å². The minimum absolute atomic E-state index is 0.146. The molecule has 5 aromatic rings. The molecule has 1 saturated heterocycles. The van der Waals surface area contributed by atoms with Gasteiger partial charge in [-0.2, -0.15) is 0 Å². The molecule has 0 amide bonds. The third kappa shape index (κ3) is 8.76. The normalized spacial score (nSPS) is 18.3. The van der Waals surface area contributed by atoms with Crippen LogP contribution in [0, 0.1) is 0 Å². The van der Waals surface area contributed by atoms with Gasteiger partial charge in [0, 0.05) is 0 Å². The van der Waals surface area contributed by atoms with Crippen LogP contribution in [-0.4, -0.2) is 67.2 Å². The molecule has 5 aromatic carbocycles. The highest BCUT2D eigenvalue weighted by molar-refractivity contribution is 5.92. The summed E-state index contributed by atoms with van der Waals surface area (Å²) in [4.78, 5) is 67.0. The first-order chi connectivity index (χ1) is 25.4. The highest BCUT2D eigenvalue weighted by Crippen LogP contribution is 2.33. The molecule has 262 valence electrons. The molecular formula is C41H32O11. The molecule has 5 atom stereocenters. The Balaban J connectivity index is 1.38. The van der Waals surface area contributed by atoms with Crippen molar-refractivity contribution in [1.82, 2.24) is 0 Å². The van der Waals surface area contributed by atoms with E-state index in [1.54, 1.807) is 103 Å². The molecular weight excluding hydrogens is 668 g/mol. The van der Waals surface area contributed by atoms with E-state index in [0.29, 0.717) is 0 Å². The Bertz CT molecular complexity index is 1970.